The highest BCUT2D eigenvalue weighted by Crippen LogP contribution is 2.48. The fraction of sp³-hybridized carbons (Fsp3) is 0.512. The number of alkyl carbamates (subject to hydrolysis) is 1. The SMILES string of the molecule is CCOC(=O)[C@@H](C)OP(=O)(Oc1ccccc1)c1ccc(CN(C)C[C@H](NC(=O)O[C@H]2CO[C@H]3OCC[C@H]32)[C@H](O)CN(CC(C)C)S(=O)(=O)c2ccc(OC)cc2)cc1. The number of aliphatic hydroxyl groups excluding tert-OH is 1. The number of carbonyl (C=O) groups is 2. The van der Waals surface area contributed by atoms with Gasteiger partial charge in [-0.2, -0.15) is 4.31 Å². The molecule has 1 amide bonds. The monoisotopic (exact) mass is 861 g/mol. The van der Waals surface area contributed by atoms with E-state index in [9.17, 15) is 27.7 Å². The molecule has 324 valence electrons. The van der Waals surface area contributed by atoms with Gasteiger partial charge in [0, 0.05) is 26.2 Å². The minimum atomic E-state index is -4.10. The van der Waals surface area contributed by atoms with Crippen LogP contribution in [-0.4, -0.2) is 119 Å². The third-order valence-electron chi connectivity index (χ3n) is 9.77. The second-order valence-electron chi connectivity index (χ2n) is 14.9. The normalized spacial score (nSPS) is 20.4. The average molecular weight is 862 g/mol. The number of aliphatic hydroxyl groups is 1. The molecule has 2 heterocycles. The number of hydrogen-bond donors (Lipinski definition) is 2. The Balaban J connectivity index is 1.34. The summed E-state index contributed by atoms with van der Waals surface area (Å²) in [5.41, 5.74) is 0.760. The lowest BCUT2D eigenvalue weighted by Crippen LogP contribution is -2.54. The van der Waals surface area contributed by atoms with Gasteiger partial charge in [0.1, 0.15) is 17.6 Å². The molecular formula is C41H56N3O13PS. The molecule has 18 heteroatoms. The Morgan fingerprint density at radius 1 is 0.949 bits per heavy atom. The zero-order chi connectivity index (χ0) is 42.7. The van der Waals surface area contributed by atoms with E-state index >= 15 is 0 Å². The van der Waals surface area contributed by atoms with Crippen LogP contribution in [0, 0.1) is 11.8 Å². The van der Waals surface area contributed by atoms with Crippen molar-refractivity contribution in [3.63, 3.8) is 0 Å². The maximum absolute atomic E-state index is 14.3. The van der Waals surface area contributed by atoms with Crippen molar-refractivity contribution in [1.29, 1.82) is 0 Å². The number of rotatable bonds is 21. The molecule has 59 heavy (non-hydrogen) atoms. The number of likely N-dealkylation sites (N-methyl/N-ethyl adjacent to an activating group) is 1. The fourth-order valence-corrected chi connectivity index (χ4v) is 10.1. The molecule has 1 unspecified atom stereocenters. The van der Waals surface area contributed by atoms with Crippen LogP contribution in [0.5, 0.6) is 11.5 Å². The lowest BCUT2D eigenvalue weighted by molar-refractivity contribution is -0.150. The number of hydrogen-bond acceptors (Lipinski definition) is 14. The molecule has 2 aliphatic heterocycles. The van der Waals surface area contributed by atoms with E-state index < -0.39 is 60.3 Å². The zero-order valence-electron chi connectivity index (χ0n) is 34.3. The first-order valence-electron chi connectivity index (χ1n) is 19.6. The molecule has 3 aromatic carbocycles. The second kappa shape index (κ2) is 21.0. The number of ether oxygens (including phenoxy) is 5. The predicted octanol–water partition coefficient (Wildman–Crippen LogP) is 4.56. The lowest BCUT2D eigenvalue weighted by Gasteiger charge is -2.32. The summed E-state index contributed by atoms with van der Waals surface area (Å²) >= 11 is 0. The number of fused-ring (bicyclic) bond motifs is 1. The number of para-hydroxylation sites is 1. The second-order valence-corrected chi connectivity index (χ2v) is 18.8. The first-order chi connectivity index (χ1) is 28.1. The van der Waals surface area contributed by atoms with E-state index in [1.165, 1.54) is 30.5 Å². The third kappa shape index (κ3) is 12.5. The number of nitrogens with one attached hydrogen (secondary N) is 1. The first-order valence-corrected chi connectivity index (χ1v) is 22.6. The first kappa shape index (κ1) is 46.0. The molecule has 5 rings (SSSR count). The van der Waals surface area contributed by atoms with E-state index in [2.05, 4.69) is 5.32 Å². The number of sulfonamides is 1. The van der Waals surface area contributed by atoms with Crippen molar-refractivity contribution in [1.82, 2.24) is 14.5 Å². The van der Waals surface area contributed by atoms with Crippen molar-refractivity contribution in [2.75, 3.05) is 53.6 Å². The Kier molecular flexibility index (Phi) is 16.3. The van der Waals surface area contributed by atoms with Gasteiger partial charge in [0.2, 0.25) is 10.0 Å². The van der Waals surface area contributed by atoms with Gasteiger partial charge in [-0.05, 0) is 87.3 Å². The standard InChI is InChI=1S/C41H56N3O13PS/c1-7-52-39(46)29(4)56-58(48,57-32-11-9-8-10-12-32)33-17-13-30(14-18-33)24-43(5)25-36(42-41(47)55-38-27-54-40-35(38)21-22-53-40)37(45)26-44(23-28(2)3)59(49,50)34-19-15-31(51-6)16-20-34/h8-20,28-29,35-38,40,45H,7,21-27H2,1-6H3,(H,42,47)/t29-,35+,36+,37-,38+,40-,58?/m1/s1. The van der Waals surface area contributed by atoms with Gasteiger partial charge >= 0.3 is 19.7 Å². The van der Waals surface area contributed by atoms with Crippen LogP contribution >= 0.6 is 7.60 Å². The maximum atomic E-state index is 14.3. The van der Waals surface area contributed by atoms with Crippen molar-refractivity contribution in [2.45, 2.75) is 76.2 Å². The maximum Gasteiger partial charge on any atom is 0.411 e. The molecule has 0 aliphatic carbocycles. The third-order valence-corrected chi connectivity index (χ3v) is 13.6. The van der Waals surface area contributed by atoms with Gasteiger partial charge in [-0.15, -0.1) is 0 Å². The number of esters is 1. The molecule has 0 bridgehead atoms. The smallest absolute Gasteiger partial charge is 0.411 e. The van der Waals surface area contributed by atoms with E-state index in [0.717, 1.165) is 5.56 Å². The van der Waals surface area contributed by atoms with Crippen molar-refractivity contribution in [3.05, 3.63) is 84.4 Å². The lowest BCUT2D eigenvalue weighted by atomic mass is 10.0. The van der Waals surface area contributed by atoms with Crippen molar-refractivity contribution >= 4 is 35.0 Å². The van der Waals surface area contributed by atoms with Gasteiger partial charge in [-0.25, -0.2) is 22.6 Å². The van der Waals surface area contributed by atoms with Crippen LogP contribution in [0.3, 0.4) is 0 Å². The van der Waals surface area contributed by atoms with Crippen LogP contribution in [-0.2, 0) is 49.4 Å². The van der Waals surface area contributed by atoms with Crippen LogP contribution in [0.4, 0.5) is 4.79 Å². The number of amides is 1. The average Bonchev–Trinajstić information content (AvgIpc) is 3.83. The molecule has 0 aromatic heterocycles. The largest absolute Gasteiger partial charge is 0.497 e. The molecule has 0 spiro atoms. The minimum Gasteiger partial charge on any atom is -0.497 e. The van der Waals surface area contributed by atoms with Gasteiger partial charge in [-0.1, -0.05) is 44.2 Å². The van der Waals surface area contributed by atoms with E-state index in [1.54, 1.807) is 80.7 Å². The molecular weight excluding hydrogens is 805 g/mol. The summed E-state index contributed by atoms with van der Waals surface area (Å²) in [5, 5.41) is 14.8. The van der Waals surface area contributed by atoms with Gasteiger partial charge in [-0.3, -0.25) is 9.42 Å². The van der Waals surface area contributed by atoms with E-state index in [0.29, 0.717) is 25.3 Å². The summed E-state index contributed by atoms with van der Waals surface area (Å²) in [5.74, 6) is -0.108. The molecule has 3 aromatic rings. The van der Waals surface area contributed by atoms with Gasteiger partial charge in [0.15, 0.2) is 12.4 Å². The number of benzene rings is 3. The highest BCUT2D eigenvalue weighted by Gasteiger charge is 2.44. The predicted molar refractivity (Wildman–Crippen MR) is 218 cm³/mol. The Morgan fingerprint density at radius 3 is 2.29 bits per heavy atom. The summed E-state index contributed by atoms with van der Waals surface area (Å²) < 4.78 is 82.2. The van der Waals surface area contributed by atoms with E-state index in [-0.39, 0.29) is 60.6 Å². The van der Waals surface area contributed by atoms with Gasteiger partial charge < -0.3 is 38.6 Å². The summed E-state index contributed by atoms with van der Waals surface area (Å²) in [6.07, 6.45) is -3.65. The Bertz CT molecular complexity index is 1970. The molecule has 0 radical (unpaired) electrons. The highest BCUT2D eigenvalue weighted by atomic mass is 32.2. The Hall–Kier alpha value is -4.06. The molecule has 7 atom stereocenters. The number of nitrogens with zero attached hydrogens (tertiary/aromatic N) is 2. The molecule has 0 saturated carbocycles. The number of methoxy groups -OCH3 is 1. The van der Waals surface area contributed by atoms with E-state index in [4.69, 9.17) is 32.7 Å². The zero-order valence-corrected chi connectivity index (χ0v) is 36.0. The summed E-state index contributed by atoms with van der Waals surface area (Å²) in [7, 11) is -4.91. The van der Waals surface area contributed by atoms with Crippen LogP contribution < -0.4 is 19.9 Å². The van der Waals surface area contributed by atoms with Gasteiger partial charge in [0.25, 0.3) is 0 Å². The molecule has 2 aliphatic rings. The van der Waals surface area contributed by atoms with Crippen LogP contribution in [0.1, 0.15) is 39.7 Å². The van der Waals surface area contributed by atoms with Crippen molar-refractivity contribution in [2.24, 2.45) is 11.8 Å². The van der Waals surface area contributed by atoms with Gasteiger partial charge in [0.05, 0.1) is 55.2 Å². The van der Waals surface area contributed by atoms with Crippen molar-refractivity contribution in [3.8, 4) is 11.5 Å². The summed E-state index contributed by atoms with van der Waals surface area (Å²) in [6, 6.07) is 20.1. The summed E-state index contributed by atoms with van der Waals surface area (Å²) in [6.45, 7) is 7.78. The summed E-state index contributed by atoms with van der Waals surface area (Å²) in [4.78, 5) is 27.7. The number of carbonyl (C=O) groups excluding carboxylic acids is 2. The topological polar surface area (TPSA) is 189 Å². The van der Waals surface area contributed by atoms with Crippen molar-refractivity contribution < 1.29 is 60.4 Å². The van der Waals surface area contributed by atoms with Crippen LogP contribution in [0.15, 0.2) is 83.8 Å². The molecule has 16 nitrogen and oxygen atoms in total. The Labute approximate surface area is 346 Å². The molecule has 2 N–H and O–H groups in total. The minimum absolute atomic E-state index is 0.0321. The quantitative estimate of drug-likeness (QED) is 0.112. The molecule has 2 fully saturated rings. The highest BCUT2D eigenvalue weighted by molar-refractivity contribution is 7.89. The Morgan fingerprint density at radius 2 is 1.64 bits per heavy atom. The fourth-order valence-electron chi connectivity index (χ4n) is 6.81. The van der Waals surface area contributed by atoms with Crippen LogP contribution in [0.2, 0.25) is 0 Å². The van der Waals surface area contributed by atoms with E-state index in [1.807, 2.05) is 18.7 Å². The molecule has 2 saturated heterocycles. The van der Waals surface area contributed by atoms with Crippen LogP contribution in [0.25, 0.3) is 0 Å².